The van der Waals surface area contributed by atoms with Crippen LogP contribution < -0.4 is 10.6 Å². The molecule has 134 valence electrons. The van der Waals surface area contributed by atoms with Crippen LogP contribution in [0.4, 0.5) is 10.7 Å². The topological polar surface area (TPSA) is 96.1 Å². The number of fused-ring (bicyclic) bond motifs is 1. The van der Waals surface area contributed by atoms with Gasteiger partial charge in [-0.3, -0.25) is 10.1 Å². The van der Waals surface area contributed by atoms with Gasteiger partial charge in [-0.1, -0.05) is 42.5 Å². The summed E-state index contributed by atoms with van der Waals surface area (Å²) in [6.07, 6.45) is 0.286. The number of nitrogens with one attached hydrogen (secondary N) is 3. The van der Waals surface area contributed by atoms with Crippen molar-refractivity contribution in [2.24, 2.45) is 0 Å². The number of benzene rings is 2. The van der Waals surface area contributed by atoms with Crippen molar-refractivity contribution < 1.29 is 14.3 Å². The van der Waals surface area contributed by atoms with Gasteiger partial charge >= 0.3 is 6.09 Å². The Morgan fingerprint density at radius 2 is 1.81 bits per heavy atom. The van der Waals surface area contributed by atoms with E-state index in [9.17, 15) is 9.59 Å². The summed E-state index contributed by atoms with van der Waals surface area (Å²) in [6, 6.07) is 17.0. The molecule has 7 nitrogen and oxygen atoms in total. The van der Waals surface area contributed by atoms with Gasteiger partial charge in [-0.05, 0) is 24.1 Å². The Morgan fingerprint density at radius 3 is 2.62 bits per heavy atom. The maximum absolute atomic E-state index is 11.9. The number of amides is 2. The summed E-state index contributed by atoms with van der Waals surface area (Å²) in [5.74, 6) is 0.259. The minimum atomic E-state index is -0.494. The van der Waals surface area contributed by atoms with Crippen molar-refractivity contribution in [3.63, 3.8) is 0 Å². The number of hydrogen-bond acceptors (Lipinski definition) is 4. The van der Waals surface area contributed by atoms with Crippen LogP contribution in [0.3, 0.4) is 0 Å². The highest BCUT2D eigenvalue weighted by Gasteiger charge is 2.07. The first-order valence-electron chi connectivity index (χ1n) is 8.40. The molecule has 0 radical (unpaired) electrons. The monoisotopic (exact) mass is 352 g/mol. The molecule has 1 aromatic heterocycles. The van der Waals surface area contributed by atoms with Crippen LogP contribution in [0.15, 0.2) is 54.6 Å². The lowest BCUT2D eigenvalue weighted by molar-refractivity contribution is -0.116. The number of anilines is 1. The fourth-order valence-corrected chi connectivity index (χ4v) is 2.42. The maximum atomic E-state index is 11.9. The minimum absolute atomic E-state index is 0.163. The molecule has 3 rings (SSSR count). The van der Waals surface area contributed by atoms with Crippen molar-refractivity contribution in [1.82, 2.24) is 15.3 Å². The van der Waals surface area contributed by atoms with E-state index in [4.69, 9.17) is 4.74 Å². The summed E-state index contributed by atoms with van der Waals surface area (Å²) in [5, 5.41) is 5.35. The number of hydrogen-bond donors (Lipinski definition) is 3. The largest absolute Gasteiger partial charge is 0.445 e. The molecule has 3 aromatic rings. The first-order chi connectivity index (χ1) is 12.7. The molecule has 0 aliphatic heterocycles. The van der Waals surface area contributed by atoms with Crippen LogP contribution in [0.2, 0.25) is 0 Å². The molecule has 0 saturated carbocycles. The molecule has 0 unspecified atom stereocenters. The molecule has 0 aliphatic rings. The zero-order valence-corrected chi connectivity index (χ0v) is 14.2. The molecular weight excluding hydrogens is 332 g/mol. The third-order valence-corrected chi connectivity index (χ3v) is 3.71. The first-order valence-corrected chi connectivity index (χ1v) is 8.40. The number of alkyl carbamates (subject to hydrolysis) is 1. The van der Waals surface area contributed by atoms with Gasteiger partial charge in [0.1, 0.15) is 6.61 Å². The third-order valence-electron chi connectivity index (χ3n) is 3.71. The average Bonchev–Trinajstić information content (AvgIpc) is 3.06. The van der Waals surface area contributed by atoms with E-state index in [0.717, 1.165) is 16.6 Å². The standard InChI is InChI=1S/C19H20N4O3/c24-17(23-18-21-15-9-4-5-10-16(15)22-18)11-6-12-20-19(25)26-13-14-7-2-1-3-8-14/h1-5,7-10H,6,11-13H2,(H,20,25)(H2,21,22,23,24). The Balaban J connectivity index is 1.32. The van der Waals surface area contributed by atoms with Crippen LogP contribution in [-0.4, -0.2) is 28.5 Å². The van der Waals surface area contributed by atoms with Gasteiger partial charge in [0.2, 0.25) is 11.9 Å². The van der Waals surface area contributed by atoms with E-state index in [1.807, 2.05) is 54.6 Å². The van der Waals surface area contributed by atoms with Crippen molar-refractivity contribution in [3.8, 4) is 0 Å². The highest BCUT2D eigenvalue weighted by Crippen LogP contribution is 2.13. The Hall–Kier alpha value is -3.35. The molecule has 0 aliphatic carbocycles. The molecule has 26 heavy (non-hydrogen) atoms. The average molecular weight is 352 g/mol. The fraction of sp³-hybridized carbons (Fsp3) is 0.211. The van der Waals surface area contributed by atoms with Gasteiger partial charge in [0.15, 0.2) is 0 Å². The maximum Gasteiger partial charge on any atom is 0.407 e. The van der Waals surface area contributed by atoms with Gasteiger partial charge < -0.3 is 15.0 Å². The predicted molar refractivity (Wildman–Crippen MR) is 98.6 cm³/mol. The quantitative estimate of drug-likeness (QED) is 0.569. The van der Waals surface area contributed by atoms with Gasteiger partial charge in [0.05, 0.1) is 11.0 Å². The van der Waals surface area contributed by atoms with E-state index in [2.05, 4.69) is 20.6 Å². The Labute approximate surface area is 150 Å². The molecule has 0 spiro atoms. The van der Waals surface area contributed by atoms with Crippen molar-refractivity contribution >= 4 is 29.0 Å². The van der Waals surface area contributed by atoms with Crippen LogP contribution in [0.25, 0.3) is 11.0 Å². The van der Waals surface area contributed by atoms with E-state index in [1.165, 1.54) is 0 Å². The van der Waals surface area contributed by atoms with Gasteiger partial charge in [0, 0.05) is 13.0 Å². The summed E-state index contributed by atoms with van der Waals surface area (Å²) < 4.78 is 5.10. The highest BCUT2D eigenvalue weighted by atomic mass is 16.5. The summed E-state index contributed by atoms with van der Waals surface area (Å²) in [5.41, 5.74) is 2.59. The molecular formula is C19H20N4O3. The third kappa shape index (κ3) is 5.07. The number of para-hydroxylation sites is 2. The number of nitrogens with zero attached hydrogens (tertiary/aromatic N) is 1. The van der Waals surface area contributed by atoms with Crippen LogP contribution in [0.1, 0.15) is 18.4 Å². The van der Waals surface area contributed by atoms with E-state index < -0.39 is 6.09 Å². The zero-order valence-electron chi connectivity index (χ0n) is 14.2. The van der Waals surface area contributed by atoms with Crippen LogP contribution >= 0.6 is 0 Å². The van der Waals surface area contributed by atoms with Gasteiger partial charge in [-0.25, -0.2) is 9.78 Å². The SMILES string of the molecule is O=C(CCCNC(=O)OCc1ccccc1)Nc1nc2ccccc2[nH]1. The number of aromatic nitrogens is 2. The molecule has 0 fully saturated rings. The molecule has 2 amide bonds. The molecule has 3 N–H and O–H groups in total. The summed E-state index contributed by atoms with van der Waals surface area (Å²) in [6.45, 7) is 0.584. The lowest BCUT2D eigenvalue weighted by Crippen LogP contribution is -2.26. The van der Waals surface area contributed by atoms with E-state index in [1.54, 1.807) is 0 Å². The van der Waals surface area contributed by atoms with Crippen LogP contribution in [-0.2, 0) is 16.1 Å². The van der Waals surface area contributed by atoms with E-state index in [0.29, 0.717) is 18.9 Å². The van der Waals surface area contributed by atoms with E-state index >= 15 is 0 Å². The van der Waals surface area contributed by atoms with Crippen molar-refractivity contribution in [2.45, 2.75) is 19.4 Å². The number of aromatic amines is 1. The number of imidazole rings is 1. The Morgan fingerprint density at radius 1 is 1.04 bits per heavy atom. The summed E-state index contributed by atoms with van der Waals surface area (Å²) in [4.78, 5) is 30.9. The van der Waals surface area contributed by atoms with Crippen molar-refractivity contribution in [3.05, 3.63) is 60.2 Å². The number of rotatable bonds is 7. The number of H-pyrrole nitrogens is 1. The molecule has 7 heteroatoms. The second kappa shape index (κ2) is 8.66. The second-order valence-corrected chi connectivity index (χ2v) is 5.74. The normalized spacial score (nSPS) is 10.5. The molecule has 0 atom stereocenters. The number of ether oxygens (including phenoxy) is 1. The Kier molecular flexibility index (Phi) is 5.82. The first kappa shape index (κ1) is 17.5. The zero-order chi connectivity index (χ0) is 18.2. The van der Waals surface area contributed by atoms with Crippen LogP contribution in [0, 0.1) is 0 Å². The summed E-state index contributed by atoms with van der Waals surface area (Å²) >= 11 is 0. The van der Waals surface area contributed by atoms with Crippen molar-refractivity contribution in [2.75, 3.05) is 11.9 Å². The van der Waals surface area contributed by atoms with Crippen molar-refractivity contribution in [1.29, 1.82) is 0 Å². The predicted octanol–water partition coefficient (Wildman–Crippen LogP) is 3.21. The van der Waals surface area contributed by atoms with E-state index in [-0.39, 0.29) is 18.9 Å². The molecule has 2 aromatic carbocycles. The molecule has 0 bridgehead atoms. The smallest absolute Gasteiger partial charge is 0.407 e. The lowest BCUT2D eigenvalue weighted by Gasteiger charge is -2.07. The highest BCUT2D eigenvalue weighted by molar-refractivity contribution is 5.91. The van der Waals surface area contributed by atoms with Crippen LogP contribution in [0.5, 0.6) is 0 Å². The van der Waals surface area contributed by atoms with Gasteiger partial charge in [0.25, 0.3) is 0 Å². The fourth-order valence-electron chi connectivity index (χ4n) is 2.42. The number of carbonyl (C=O) groups excluding carboxylic acids is 2. The molecule has 1 heterocycles. The molecule has 0 saturated heterocycles. The summed E-state index contributed by atoms with van der Waals surface area (Å²) in [7, 11) is 0. The second-order valence-electron chi connectivity index (χ2n) is 5.74. The number of carbonyl (C=O) groups is 2. The van der Waals surface area contributed by atoms with Gasteiger partial charge in [-0.2, -0.15) is 0 Å². The van der Waals surface area contributed by atoms with Gasteiger partial charge in [-0.15, -0.1) is 0 Å². The Bertz CT molecular complexity index is 844. The lowest BCUT2D eigenvalue weighted by atomic mass is 10.2. The minimum Gasteiger partial charge on any atom is -0.445 e.